The van der Waals surface area contributed by atoms with Gasteiger partial charge >= 0.3 is 0 Å². The lowest BCUT2D eigenvalue weighted by molar-refractivity contribution is -0.385. The molecule has 0 bridgehead atoms. The summed E-state index contributed by atoms with van der Waals surface area (Å²) in [7, 11) is -4.17. The van der Waals surface area contributed by atoms with E-state index in [-0.39, 0.29) is 5.69 Å². The second-order valence-electron chi connectivity index (χ2n) is 3.98. The first-order chi connectivity index (χ1) is 8.69. The minimum absolute atomic E-state index is 0.389. The van der Waals surface area contributed by atoms with E-state index in [1.54, 1.807) is 13.8 Å². The van der Waals surface area contributed by atoms with Crippen LogP contribution >= 0.6 is 0 Å². The number of nitro benzene ring substituents is 1. The molecule has 10 heteroatoms. The number of nitro groups is 1. The minimum Gasteiger partial charge on any atom is -0.323 e. The Bertz CT molecular complexity index is 602. The number of halogens is 1. The van der Waals surface area contributed by atoms with Crippen molar-refractivity contribution < 1.29 is 17.7 Å². The maximum absolute atomic E-state index is 13.8. The Morgan fingerprint density at radius 1 is 1.42 bits per heavy atom. The second-order valence-corrected chi connectivity index (χ2v) is 5.63. The van der Waals surface area contributed by atoms with E-state index in [1.807, 2.05) is 5.43 Å². The molecule has 0 fully saturated rings. The third kappa shape index (κ3) is 3.36. The predicted octanol–water partition coefficient (Wildman–Crippen LogP) is 0.706. The van der Waals surface area contributed by atoms with Crippen molar-refractivity contribution in [3.05, 3.63) is 28.1 Å². The van der Waals surface area contributed by atoms with Crippen molar-refractivity contribution in [2.24, 2.45) is 5.84 Å². The fourth-order valence-corrected chi connectivity index (χ4v) is 2.90. The third-order valence-corrected chi connectivity index (χ3v) is 3.79. The van der Waals surface area contributed by atoms with E-state index in [2.05, 4.69) is 4.72 Å². The van der Waals surface area contributed by atoms with Crippen LogP contribution in [0.1, 0.15) is 13.8 Å². The van der Waals surface area contributed by atoms with Gasteiger partial charge in [-0.3, -0.25) is 16.0 Å². The molecule has 0 aliphatic rings. The van der Waals surface area contributed by atoms with E-state index in [1.165, 1.54) is 0 Å². The van der Waals surface area contributed by atoms with E-state index >= 15 is 0 Å². The summed E-state index contributed by atoms with van der Waals surface area (Å²) in [6.07, 6.45) is 0. The molecular weight excluding hydrogens is 279 g/mol. The van der Waals surface area contributed by atoms with Crippen LogP contribution in [-0.4, -0.2) is 19.4 Å². The Labute approximate surface area is 109 Å². The van der Waals surface area contributed by atoms with Crippen LogP contribution in [0.5, 0.6) is 0 Å². The summed E-state index contributed by atoms with van der Waals surface area (Å²) in [6, 6.07) is 0.901. The number of sulfonamides is 1. The molecule has 0 aliphatic heterocycles. The molecule has 0 saturated heterocycles. The predicted molar refractivity (Wildman–Crippen MR) is 66.3 cm³/mol. The van der Waals surface area contributed by atoms with E-state index in [0.717, 1.165) is 6.07 Å². The van der Waals surface area contributed by atoms with Crippen LogP contribution in [-0.2, 0) is 10.0 Å². The number of non-ortho nitro benzene ring substituents is 1. The average Bonchev–Trinajstić information content (AvgIpc) is 2.25. The van der Waals surface area contributed by atoms with Crippen LogP contribution in [0.4, 0.5) is 15.8 Å². The first kappa shape index (κ1) is 15.3. The molecule has 0 spiro atoms. The SMILES string of the molecule is CC(C)NS(=O)(=O)c1c(F)cc([N+](=O)[O-])cc1NN. The molecule has 0 unspecified atom stereocenters. The summed E-state index contributed by atoms with van der Waals surface area (Å²) >= 11 is 0. The molecule has 0 saturated carbocycles. The maximum Gasteiger partial charge on any atom is 0.274 e. The Morgan fingerprint density at radius 3 is 2.42 bits per heavy atom. The summed E-state index contributed by atoms with van der Waals surface area (Å²) in [4.78, 5) is 8.96. The number of anilines is 1. The zero-order valence-corrected chi connectivity index (χ0v) is 11.0. The highest BCUT2D eigenvalue weighted by atomic mass is 32.2. The Kier molecular flexibility index (Phi) is 4.39. The molecule has 8 nitrogen and oxygen atoms in total. The fraction of sp³-hybridized carbons (Fsp3) is 0.333. The average molecular weight is 292 g/mol. The number of nitrogens with one attached hydrogen (secondary N) is 2. The van der Waals surface area contributed by atoms with Gasteiger partial charge in [0.2, 0.25) is 10.0 Å². The molecule has 0 heterocycles. The normalized spacial score (nSPS) is 11.6. The Balaban J connectivity index is 3.48. The molecule has 1 aromatic carbocycles. The van der Waals surface area contributed by atoms with Gasteiger partial charge in [-0.05, 0) is 13.8 Å². The van der Waals surface area contributed by atoms with Crippen molar-refractivity contribution in [2.45, 2.75) is 24.8 Å². The molecule has 0 aromatic heterocycles. The zero-order chi connectivity index (χ0) is 14.8. The largest absolute Gasteiger partial charge is 0.323 e. The van der Waals surface area contributed by atoms with Crippen LogP contribution in [0.3, 0.4) is 0 Å². The molecule has 1 aromatic rings. The third-order valence-electron chi connectivity index (χ3n) is 2.05. The van der Waals surface area contributed by atoms with Gasteiger partial charge in [0.25, 0.3) is 5.69 Å². The molecule has 0 atom stereocenters. The second kappa shape index (κ2) is 5.47. The number of hydrogen-bond acceptors (Lipinski definition) is 6. The number of nitrogens with two attached hydrogens (primary N) is 1. The minimum atomic E-state index is -4.17. The molecule has 1 rings (SSSR count). The van der Waals surface area contributed by atoms with Crippen molar-refractivity contribution in [1.82, 2.24) is 4.72 Å². The summed E-state index contributed by atoms with van der Waals surface area (Å²) in [5.41, 5.74) is 0.956. The molecule has 106 valence electrons. The van der Waals surface area contributed by atoms with Crippen LogP contribution in [0, 0.1) is 15.9 Å². The lowest BCUT2D eigenvalue weighted by atomic mass is 10.3. The van der Waals surface area contributed by atoms with E-state index in [9.17, 15) is 22.9 Å². The van der Waals surface area contributed by atoms with Crippen molar-refractivity contribution in [3.8, 4) is 0 Å². The molecule has 0 amide bonds. The first-order valence-corrected chi connectivity index (χ1v) is 6.64. The number of nitrogen functional groups attached to an aromatic ring is 1. The van der Waals surface area contributed by atoms with Crippen molar-refractivity contribution in [1.29, 1.82) is 0 Å². The summed E-state index contributed by atoms with van der Waals surface area (Å²) in [5, 5.41) is 10.6. The van der Waals surface area contributed by atoms with Crippen LogP contribution in [0.15, 0.2) is 17.0 Å². The van der Waals surface area contributed by atoms with E-state index < -0.39 is 37.4 Å². The van der Waals surface area contributed by atoms with Gasteiger partial charge in [-0.1, -0.05) is 0 Å². The van der Waals surface area contributed by atoms with Crippen LogP contribution in [0.2, 0.25) is 0 Å². The standard InChI is InChI=1S/C9H13FN4O4S/c1-5(2)13-19(17,18)9-7(10)3-6(14(15)16)4-8(9)12-11/h3-5,12-13H,11H2,1-2H3. The number of rotatable bonds is 5. The van der Waals surface area contributed by atoms with Crippen molar-refractivity contribution in [3.63, 3.8) is 0 Å². The smallest absolute Gasteiger partial charge is 0.274 e. The quantitative estimate of drug-likeness (QED) is 0.416. The van der Waals surface area contributed by atoms with Gasteiger partial charge < -0.3 is 5.43 Å². The van der Waals surface area contributed by atoms with Gasteiger partial charge in [-0.2, -0.15) is 0 Å². The molecular formula is C9H13FN4O4S. The van der Waals surface area contributed by atoms with Gasteiger partial charge in [0, 0.05) is 12.1 Å². The van der Waals surface area contributed by atoms with E-state index in [4.69, 9.17) is 5.84 Å². The monoisotopic (exact) mass is 292 g/mol. The fourth-order valence-electron chi connectivity index (χ4n) is 1.43. The first-order valence-electron chi connectivity index (χ1n) is 5.16. The highest BCUT2D eigenvalue weighted by molar-refractivity contribution is 7.89. The zero-order valence-electron chi connectivity index (χ0n) is 10.2. The highest BCUT2D eigenvalue weighted by Gasteiger charge is 2.27. The van der Waals surface area contributed by atoms with Crippen LogP contribution in [0.25, 0.3) is 0 Å². The van der Waals surface area contributed by atoms with Crippen LogP contribution < -0.4 is 16.0 Å². The molecule has 0 radical (unpaired) electrons. The van der Waals surface area contributed by atoms with E-state index in [0.29, 0.717) is 6.07 Å². The number of nitrogens with zero attached hydrogens (tertiary/aromatic N) is 1. The van der Waals surface area contributed by atoms with Crippen molar-refractivity contribution in [2.75, 3.05) is 5.43 Å². The van der Waals surface area contributed by atoms with Gasteiger partial charge in [0.1, 0.15) is 4.90 Å². The van der Waals surface area contributed by atoms with Gasteiger partial charge in [0.15, 0.2) is 5.82 Å². The summed E-state index contributed by atoms with van der Waals surface area (Å²) in [5.74, 6) is 3.83. The van der Waals surface area contributed by atoms with Crippen molar-refractivity contribution >= 4 is 21.4 Å². The summed E-state index contributed by atoms with van der Waals surface area (Å²) in [6.45, 7) is 3.10. The van der Waals surface area contributed by atoms with Gasteiger partial charge in [0.05, 0.1) is 16.7 Å². The molecule has 0 aliphatic carbocycles. The number of hydrogen-bond donors (Lipinski definition) is 3. The number of hydrazine groups is 1. The Hall–Kier alpha value is -1.78. The molecule has 4 N–H and O–H groups in total. The highest BCUT2D eigenvalue weighted by Crippen LogP contribution is 2.29. The topological polar surface area (TPSA) is 127 Å². The molecule has 19 heavy (non-hydrogen) atoms. The lowest BCUT2D eigenvalue weighted by Gasteiger charge is -2.13. The number of benzene rings is 1. The maximum atomic E-state index is 13.8. The van der Waals surface area contributed by atoms with Gasteiger partial charge in [-0.15, -0.1) is 0 Å². The van der Waals surface area contributed by atoms with Gasteiger partial charge in [-0.25, -0.2) is 17.5 Å². The summed E-state index contributed by atoms with van der Waals surface area (Å²) < 4.78 is 39.8. The lowest BCUT2D eigenvalue weighted by Crippen LogP contribution is -2.32. The Morgan fingerprint density at radius 2 is 2.00 bits per heavy atom.